The molecule has 1 aromatic heterocycles. The van der Waals surface area contributed by atoms with Crippen molar-refractivity contribution in [2.75, 3.05) is 6.54 Å². The van der Waals surface area contributed by atoms with Crippen LogP contribution in [0.2, 0.25) is 0 Å². The molecule has 104 valence electrons. The first-order valence-corrected chi connectivity index (χ1v) is 6.71. The highest BCUT2D eigenvalue weighted by atomic mass is 15.4. The Morgan fingerprint density at radius 1 is 1.30 bits per heavy atom. The van der Waals surface area contributed by atoms with E-state index in [1.54, 1.807) is 4.68 Å². The molecule has 20 heavy (non-hydrogen) atoms. The van der Waals surface area contributed by atoms with E-state index >= 15 is 0 Å². The van der Waals surface area contributed by atoms with Gasteiger partial charge in [-0.1, -0.05) is 37.3 Å². The molecule has 0 radical (unpaired) electrons. The summed E-state index contributed by atoms with van der Waals surface area (Å²) in [5.41, 5.74) is 0.151. The van der Waals surface area contributed by atoms with Crippen LogP contribution in [0.5, 0.6) is 0 Å². The molecule has 0 amide bonds. The summed E-state index contributed by atoms with van der Waals surface area (Å²) in [6.07, 6.45) is 0. The number of rotatable bonds is 5. The second kappa shape index (κ2) is 5.85. The molecule has 0 bridgehead atoms. The van der Waals surface area contributed by atoms with Crippen molar-refractivity contribution in [2.45, 2.75) is 32.9 Å². The van der Waals surface area contributed by atoms with Gasteiger partial charge in [-0.05, 0) is 26.0 Å². The van der Waals surface area contributed by atoms with Crippen LogP contribution in [0.15, 0.2) is 30.3 Å². The second-order valence-electron chi connectivity index (χ2n) is 4.78. The van der Waals surface area contributed by atoms with Crippen LogP contribution in [0.3, 0.4) is 0 Å². The summed E-state index contributed by atoms with van der Waals surface area (Å²) in [6.45, 7) is 6.89. The van der Waals surface area contributed by atoms with Gasteiger partial charge in [0.2, 0.25) is 0 Å². The molecule has 2 rings (SSSR count). The van der Waals surface area contributed by atoms with Gasteiger partial charge in [-0.2, -0.15) is 10.4 Å². The van der Waals surface area contributed by atoms with Crippen LogP contribution < -0.4 is 5.32 Å². The quantitative estimate of drug-likeness (QED) is 0.900. The highest BCUT2D eigenvalue weighted by molar-refractivity contribution is 5.31. The summed E-state index contributed by atoms with van der Waals surface area (Å²) < 4.78 is 1.79. The number of hydrogen-bond acceptors (Lipinski definition) is 4. The zero-order valence-corrected chi connectivity index (χ0v) is 12.1. The minimum atomic E-state index is -0.791. The summed E-state index contributed by atoms with van der Waals surface area (Å²) in [4.78, 5) is 4.30. The van der Waals surface area contributed by atoms with Crippen molar-refractivity contribution >= 4 is 0 Å². The molecule has 5 nitrogen and oxygen atoms in total. The third-order valence-corrected chi connectivity index (χ3v) is 3.29. The van der Waals surface area contributed by atoms with Gasteiger partial charge < -0.3 is 0 Å². The van der Waals surface area contributed by atoms with E-state index < -0.39 is 5.54 Å². The zero-order valence-electron chi connectivity index (χ0n) is 12.1. The lowest BCUT2D eigenvalue weighted by Crippen LogP contribution is -2.45. The Morgan fingerprint density at radius 3 is 2.50 bits per heavy atom. The number of nitriles is 1. The van der Waals surface area contributed by atoms with Gasteiger partial charge in [0.05, 0.1) is 12.6 Å². The molecular weight excluding hydrogens is 250 g/mol. The van der Waals surface area contributed by atoms with Gasteiger partial charge in [0.25, 0.3) is 0 Å². The number of benzene rings is 1. The molecule has 1 N–H and O–H groups in total. The van der Waals surface area contributed by atoms with E-state index in [1.807, 2.05) is 51.1 Å². The van der Waals surface area contributed by atoms with Crippen LogP contribution in [0, 0.1) is 25.2 Å². The van der Waals surface area contributed by atoms with E-state index in [0.717, 1.165) is 17.2 Å². The average Bonchev–Trinajstić information content (AvgIpc) is 2.77. The minimum absolute atomic E-state index is 0.439. The van der Waals surface area contributed by atoms with Gasteiger partial charge in [-0.15, -0.1) is 0 Å². The highest BCUT2D eigenvalue weighted by Gasteiger charge is 2.32. The number of likely N-dealkylation sites (N-methyl/N-ethyl adjacent to an activating group) is 1. The molecule has 0 spiro atoms. The van der Waals surface area contributed by atoms with E-state index in [2.05, 4.69) is 21.5 Å². The standard InChI is InChI=1S/C15H19N5/c1-4-17-15(10-16,14-8-6-5-7-9-14)11-20-13(3)18-12(2)19-20/h5-9,17H,4,11H2,1-3H3. The maximum atomic E-state index is 9.75. The molecule has 1 unspecified atom stereocenters. The summed E-state index contributed by atoms with van der Waals surface area (Å²) in [7, 11) is 0. The lowest BCUT2D eigenvalue weighted by molar-refractivity contribution is 0.353. The van der Waals surface area contributed by atoms with Crippen molar-refractivity contribution < 1.29 is 0 Å². The number of aryl methyl sites for hydroxylation is 2. The molecule has 2 aromatic rings. The smallest absolute Gasteiger partial charge is 0.152 e. The number of aromatic nitrogens is 3. The van der Waals surface area contributed by atoms with Crippen molar-refractivity contribution in [2.24, 2.45) is 0 Å². The van der Waals surface area contributed by atoms with Crippen molar-refractivity contribution in [1.82, 2.24) is 20.1 Å². The van der Waals surface area contributed by atoms with Crippen molar-refractivity contribution in [3.05, 3.63) is 47.5 Å². The maximum absolute atomic E-state index is 9.75. The van der Waals surface area contributed by atoms with Crippen LogP contribution >= 0.6 is 0 Å². The van der Waals surface area contributed by atoms with Crippen molar-refractivity contribution in [1.29, 1.82) is 5.26 Å². The van der Waals surface area contributed by atoms with Crippen molar-refractivity contribution in [3.8, 4) is 6.07 Å². The molecule has 0 saturated heterocycles. The Labute approximate surface area is 119 Å². The van der Waals surface area contributed by atoms with Crippen molar-refractivity contribution in [3.63, 3.8) is 0 Å². The Hall–Kier alpha value is -2.19. The number of nitrogens with one attached hydrogen (secondary N) is 1. The molecule has 0 saturated carbocycles. The maximum Gasteiger partial charge on any atom is 0.152 e. The van der Waals surface area contributed by atoms with Crippen LogP contribution in [0.4, 0.5) is 0 Å². The summed E-state index contributed by atoms with van der Waals surface area (Å²) in [5.74, 6) is 1.54. The number of hydrogen-bond donors (Lipinski definition) is 1. The average molecular weight is 269 g/mol. The molecule has 0 fully saturated rings. The SMILES string of the molecule is CCNC(C#N)(Cn1nc(C)nc1C)c1ccccc1. The predicted molar refractivity (Wildman–Crippen MR) is 76.9 cm³/mol. The largest absolute Gasteiger partial charge is 0.294 e. The van der Waals surface area contributed by atoms with Gasteiger partial charge in [-0.3, -0.25) is 5.32 Å². The van der Waals surface area contributed by atoms with Gasteiger partial charge in [0, 0.05) is 0 Å². The third-order valence-electron chi connectivity index (χ3n) is 3.29. The molecule has 0 aliphatic carbocycles. The Kier molecular flexibility index (Phi) is 4.16. The third kappa shape index (κ3) is 2.70. The van der Waals surface area contributed by atoms with Crippen LogP contribution in [-0.4, -0.2) is 21.3 Å². The monoisotopic (exact) mass is 269 g/mol. The topological polar surface area (TPSA) is 66.5 Å². The first-order chi connectivity index (χ1) is 9.61. The van der Waals surface area contributed by atoms with Crippen LogP contribution in [-0.2, 0) is 12.1 Å². The Morgan fingerprint density at radius 2 is 2.00 bits per heavy atom. The van der Waals surface area contributed by atoms with Gasteiger partial charge in [0.1, 0.15) is 11.6 Å². The lowest BCUT2D eigenvalue weighted by atomic mass is 9.91. The van der Waals surface area contributed by atoms with Crippen LogP contribution in [0.25, 0.3) is 0 Å². The second-order valence-corrected chi connectivity index (χ2v) is 4.78. The molecule has 0 aliphatic rings. The van der Waals surface area contributed by atoms with Gasteiger partial charge >= 0.3 is 0 Å². The zero-order chi connectivity index (χ0) is 14.6. The van der Waals surface area contributed by atoms with Gasteiger partial charge in [-0.25, -0.2) is 9.67 Å². The first kappa shape index (κ1) is 14.2. The predicted octanol–water partition coefficient (Wildman–Crippen LogP) is 1.92. The van der Waals surface area contributed by atoms with Crippen LogP contribution in [0.1, 0.15) is 24.1 Å². The van der Waals surface area contributed by atoms with E-state index in [-0.39, 0.29) is 0 Å². The fraction of sp³-hybridized carbons (Fsp3) is 0.400. The summed E-state index contributed by atoms with van der Waals surface area (Å²) >= 11 is 0. The first-order valence-electron chi connectivity index (χ1n) is 6.71. The molecule has 1 atom stereocenters. The van der Waals surface area contributed by atoms with E-state index in [9.17, 15) is 5.26 Å². The van der Waals surface area contributed by atoms with E-state index in [0.29, 0.717) is 13.1 Å². The number of nitrogens with zero attached hydrogens (tertiary/aromatic N) is 4. The molecule has 1 aromatic carbocycles. The van der Waals surface area contributed by atoms with Gasteiger partial charge in [0.15, 0.2) is 5.54 Å². The summed E-state index contributed by atoms with van der Waals surface area (Å²) in [5, 5.41) is 17.4. The Bertz CT molecular complexity index is 611. The summed E-state index contributed by atoms with van der Waals surface area (Å²) in [6, 6.07) is 12.2. The molecule has 5 heteroatoms. The van der Waals surface area contributed by atoms with E-state index in [1.165, 1.54) is 0 Å². The lowest BCUT2D eigenvalue weighted by Gasteiger charge is -2.28. The fourth-order valence-corrected chi connectivity index (χ4v) is 2.35. The normalized spacial score (nSPS) is 13.7. The minimum Gasteiger partial charge on any atom is -0.294 e. The molecular formula is C15H19N5. The molecule has 1 heterocycles. The molecule has 0 aliphatic heterocycles. The fourth-order valence-electron chi connectivity index (χ4n) is 2.35. The van der Waals surface area contributed by atoms with E-state index in [4.69, 9.17) is 0 Å². The Balaban J connectivity index is 2.43. The highest BCUT2D eigenvalue weighted by Crippen LogP contribution is 2.23.